The van der Waals surface area contributed by atoms with Crippen LogP contribution in [0.5, 0.6) is 0 Å². The first-order chi connectivity index (χ1) is 4.29. The zero-order chi connectivity index (χ0) is 6.69. The SMILES string of the molecule is CC(C)C[n+]1cnc[nH]1. The van der Waals surface area contributed by atoms with Gasteiger partial charge in [0, 0.05) is 0 Å². The Balaban J connectivity index is 2.48. The fourth-order valence-corrected chi connectivity index (χ4v) is 0.748. The minimum Gasteiger partial charge on any atom is -0.194 e. The second-order valence-corrected chi connectivity index (χ2v) is 2.57. The van der Waals surface area contributed by atoms with Crippen LogP contribution in [0.1, 0.15) is 13.8 Å². The predicted octanol–water partition coefficient (Wildman–Crippen LogP) is 0.353. The molecule has 0 saturated carbocycles. The third-order valence-electron chi connectivity index (χ3n) is 1.07. The molecule has 50 valence electrons. The van der Waals surface area contributed by atoms with Crippen molar-refractivity contribution in [3.8, 4) is 0 Å². The van der Waals surface area contributed by atoms with Gasteiger partial charge in [-0.2, -0.15) is 9.78 Å². The topological polar surface area (TPSA) is 32.6 Å². The van der Waals surface area contributed by atoms with Gasteiger partial charge in [-0.1, -0.05) is 13.8 Å². The van der Waals surface area contributed by atoms with Crippen LogP contribution in [0, 0.1) is 5.92 Å². The lowest BCUT2D eigenvalue weighted by atomic mass is 10.2. The Morgan fingerprint density at radius 2 is 2.44 bits per heavy atom. The summed E-state index contributed by atoms with van der Waals surface area (Å²) in [5.41, 5.74) is 0. The number of hydrogen-bond acceptors (Lipinski definition) is 1. The molecule has 0 amide bonds. The van der Waals surface area contributed by atoms with E-state index in [1.807, 2.05) is 4.68 Å². The summed E-state index contributed by atoms with van der Waals surface area (Å²) < 4.78 is 1.96. The fraction of sp³-hybridized carbons (Fsp3) is 0.667. The number of H-pyrrole nitrogens is 1. The van der Waals surface area contributed by atoms with E-state index in [1.165, 1.54) is 0 Å². The molecule has 0 aliphatic rings. The first-order valence-corrected chi connectivity index (χ1v) is 3.17. The van der Waals surface area contributed by atoms with Crippen molar-refractivity contribution in [2.75, 3.05) is 0 Å². The van der Waals surface area contributed by atoms with Gasteiger partial charge in [-0.15, -0.1) is 0 Å². The van der Waals surface area contributed by atoms with Crippen molar-refractivity contribution in [2.24, 2.45) is 5.92 Å². The van der Waals surface area contributed by atoms with E-state index in [9.17, 15) is 0 Å². The Labute approximate surface area is 54.7 Å². The molecular weight excluding hydrogens is 114 g/mol. The molecule has 3 nitrogen and oxygen atoms in total. The molecule has 9 heavy (non-hydrogen) atoms. The monoisotopic (exact) mass is 126 g/mol. The second kappa shape index (κ2) is 2.62. The van der Waals surface area contributed by atoms with Crippen LogP contribution in [-0.2, 0) is 6.54 Å². The highest BCUT2D eigenvalue weighted by atomic mass is 15.3. The summed E-state index contributed by atoms with van der Waals surface area (Å²) in [6.07, 6.45) is 3.47. The van der Waals surface area contributed by atoms with E-state index in [4.69, 9.17) is 0 Å². The fourth-order valence-electron chi connectivity index (χ4n) is 0.748. The summed E-state index contributed by atoms with van der Waals surface area (Å²) in [5, 5.41) is 2.97. The lowest BCUT2D eigenvalue weighted by molar-refractivity contribution is -0.756. The van der Waals surface area contributed by atoms with E-state index in [2.05, 4.69) is 23.9 Å². The molecule has 3 heteroatoms. The van der Waals surface area contributed by atoms with Crippen LogP contribution in [0.25, 0.3) is 0 Å². The van der Waals surface area contributed by atoms with Crippen molar-refractivity contribution in [3.05, 3.63) is 12.7 Å². The van der Waals surface area contributed by atoms with Crippen LogP contribution in [-0.4, -0.2) is 10.1 Å². The Kier molecular flexibility index (Phi) is 1.82. The number of rotatable bonds is 2. The maximum atomic E-state index is 3.88. The van der Waals surface area contributed by atoms with Crippen molar-refractivity contribution >= 4 is 0 Å². The van der Waals surface area contributed by atoms with Gasteiger partial charge < -0.3 is 0 Å². The molecule has 1 rings (SSSR count). The predicted molar refractivity (Wildman–Crippen MR) is 33.6 cm³/mol. The summed E-state index contributed by atoms with van der Waals surface area (Å²) in [6.45, 7) is 5.36. The molecule has 0 spiro atoms. The zero-order valence-corrected chi connectivity index (χ0v) is 5.83. The van der Waals surface area contributed by atoms with Crippen LogP contribution in [0.3, 0.4) is 0 Å². The van der Waals surface area contributed by atoms with Gasteiger partial charge in [-0.25, -0.2) is 0 Å². The molecule has 0 unspecified atom stereocenters. The summed E-state index contributed by atoms with van der Waals surface area (Å²) in [7, 11) is 0. The largest absolute Gasteiger partial charge is 0.306 e. The molecule has 1 heterocycles. The van der Waals surface area contributed by atoms with Crippen LogP contribution < -0.4 is 4.68 Å². The normalized spacial score (nSPS) is 10.6. The van der Waals surface area contributed by atoms with Gasteiger partial charge in [0.15, 0.2) is 0 Å². The molecule has 0 bridgehead atoms. The first kappa shape index (κ1) is 6.26. The first-order valence-electron chi connectivity index (χ1n) is 3.17. The van der Waals surface area contributed by atoms with Crippen molar-refractivity contribution < 1.29 is 4.68 Å². The quantitative estimate of drug-likeness (QED) is 0.570. The third-order valence-corrected chi connectivity index (χ3v) is 1.07. The van der Waals surface area contributed by atoms with Crippen molar-refractivity contribution in [1.29, 1.82) is 0 Å². The van der Waals surface area contributed by atoms with Crippen LogP contribution in [0.15, 0.2) is 12.7 Å². The maximum Gasteiger partial charge on any atom is 0.306 e. The number of aromatic amines is 1. The number of aromatic nitrogens is 3. The average molecular weight is 126 g/mol. The minimum absolute atomic E-state index is 0.676. The maximum absolute atomic E-state index is 3.88. The van der Waals surface area contributed by atoms with Gasteiger partial charge in [0.1, 0.15) is 6.54 Å². The van der Waals surface area contributed by atoms with Gasteiger partial charge in [-0.3, -0.25) is 0 Å². The minimum atomic E-state index is 0.676. The van der Waals surface area contributed by atoms with Crippen LogP contribution in [0.4, 0.5) is 0 Å². The Bertz CT molecular complexity index is 155. The van der Waals surface area contributed by atoms with Gasteiger partial charge in [0.05, 0.1) is 0 Å². The molecule has 0 aromatic carbocycles. The van der Waals surface area contributed by atoms with E-state index in [0.29, 0.717) is 5.92 Å². The van der Waals surface area contributed by atoms with E-state index in [0.717, 1.165) is 6.54 Å². The Hall–Kier alpha value is -0.860. The molecule has 1 aromatic rings. The Morgan fingerprint density at radius 1 is 1.67 bits per heavy atom. The molecule has 0 saturated heterocycles. The molecule has 0 radical (unpaired) electrons. The molecule has 0 aliphatic carbocycles. The average Bonchev–Trinajstić information content (AvgIpc) is 2.15. The summed E-state index contributed by atoms with van der Waals surface area (Å²) in [6, 6.07) is 0. The van der Waals surface area contributed by atoms with Gasteiger partial charge in [0.25, 0.3) is 0 Å². The highest BCUT2D eigenvalue weighted by molar-refractivity contribution is 4.37. The lowest BCUT2D eigenvalue weighted by Crippen LogP contribution is -2.37. The molecule has 0 atom stereocenters. The standard InChI is InChI=1S/C6H11N3/c1-6(2)3-9-5-7-4-8-9/h4-6H,3H2,1-2H3/p+1. The lowest BCUT2D eigenvalue weighted by Gasteiger charge is -1.96. The van der Waals surface area contributed by atoms with Gasteiger partial charge >= 0.3 is 6.33 Å². The Morgan fingerprint density at radius 3 is 2.89 bits per heavy atom. The molecule has 0 fully saturated rings. The third kappa shape index (κ3) is 1.83. The number of nitrogens with zero attached hydrogens (tertiary/aromatic N) is 2. The molecular formula is C6H12N3+. The van der Waals surface area contributed by atoms with Crippen molar-refractivity contribution in [1.82, 2.24) is 10.1 Å². The van der Waals surface area contributed by atoms with Gasteiger partial charge in [-0.05, 0) is 10.9 Å². The molecule has 1 aromatic heterocycles. The van der Waals surface area contributed by atoms with E-state index >= 15 is 0 Å². The van der Waals surface area contributed by atoms with Crippen molar-refractivity contribution in [2.45, 2.75) is 20.4 Å². The van der Waals surface area contributed by atoms with Crippen LogP contribution >= 0.6 is 0 Å². The zero-order valence-electron chi connectivity index (χ0n) is 5.83. The van der Waals surface area contributed by atoms with E-state index in [-0.39, 0.29) is 0 Å². The number of hydrogen-bond donors (Lipinski definition) is 1. The molecule has 1 N–H and O–H groups in total. The van der Waals surface area contributed by atoms with Crippen molar-refractivity contribution in [3.63, 3.8) is 0 Å². The smallest absolute Gasteiger partial charge is 0.194 e. The van der Waals surface area contributed by atoms with Gasteiger partial charge in [0.2, 0.25) is 6.33 Å². The number of nitrogens with one attached hydrogen (secondary N) is 1. The van der Waals surface area contributed by atoms with Crippen LogP contribution in [0.2, 0.25) is 0 Å². The summed E-state index contributed by atoms with van der Waals surface area (Å²) in [4.78, 5) is 3.88. The molecule has 0 aliphatic heterocycles. The highest BCUT2D eigenvalue weighted by Gasteiger charge is 2.00. The summed E-state index contributed by atoms with van der Waals surface area (Å²) in [5.74, 6) is 0.676. The highest BCUT2D eigenvalue weighted by Crippen LogP contribution is 1.87. The summed E-state index contributed by atoms with van der Waals surface area (Å²) >= 11 is 0. The van der Waals surface area contributed by atoms with E-state index in [1.54, 1.807) is 12.7 Å². The second-order valence-electron chi connectivity index (χ2n) is 2.57. The van der Waals surface area contributed by atoms with E-state index < -0.39 is 0 Å².